The zero-order valence-corrected chi connectivity index (χ0v) is 14.8. The first-order valence-corrected chi connectivity index (χ1v) is 8.50. The molecule has 134 valence electrons. The third-order valence-electron chi connectivity index (χ3n) is 4.19. The Hall–Kier alpha value is -2.12. The molecule has 1 aromatic heterocycles. The van der Waals surface area contributed by atoms with Gasteiger partial charge in [-0.1, -0.05) is 17.7 Å². The molecule has 1 aliphatic rings. The normalized spacial score (nSPS) is 18.2. The van der Waals surface area contributed by atoms with Gasteiger partial charge in [-0.2, -0.15) is 5.10 Å². The second-order valence-corrected chi connectivity index (χ2v) is 6.48. The number of ether oxygens (including phenoxy) is 1. The quantitative estimate of drug-likeness (QED) is 0.861. The van der Waals surface area contributed by atoms with Gasteiger partial charge in [-0.3, -0.25) is 10.00 Å². The van der Waals surface area contributed by atoms with Crippen molar-refractivity contribution in [3.63, 3.8) is 0 Å². The minimum Gasteiger partial charge on any atom is -0.372 e. The van der Waals surface area contributed by atoms with Crippen LogP contribution in [0.4, 0.5) is 15.0 Å². The highest BCUT2D eigenvalue weighted by Gasteiger charge is 2.22. The number of halogens is 2. The predicted octanol–water partition coefficient (Wildman–Crippen LogP) is 3.95. The molecule has 2 N–H and O–H groups in total. The van der Waals surface area contributed by atoms with Gasteiger partial charge in [0, 0.05) is 19.7 Å². The smallest absolute Gasteiger partial charge is 0.320 e. The minimum atomic E-state index is -0.487. The molecule has 2 aromatic rings. The first-order valence-electron chi connectivity index (χ1n) is 8.12. The fourth-order valence-electron chi connectivity index (χ4n) is 2.79. The van der Waals surface area contributed by atoms with E-state index >= 15 is 0 Å². The summed E-state index contributed by atoms with van der Waals surface area (Å²) in [5.41, 5.74) is 1.53. The van der Waals surface area contributed by atoms with Gasteiger partial charge < -0.3 is 10.1 Å². The second kappa shape index (κ2) is 7.41. The molecule has 0 aliphatic carbocycles. The van der Waals surface area contributed by atoms with Crippen molar-refractivity contribution < 1.29 is 13.9 Å². The molecule has 2 amide bonds. The van der Waals surface area contributed by atoms with Crippen LogP contribution in [-0.2, 0) is 11.8 Å². The van der Waals surface area contributed by atoms with E-state index in [4.69, 9.17) is 16.3 Å². The van der Waals surface area contributed by atoms with Crippen molar-refractivity contribution in [3.05, 3.63) is 46.4 Å². The highest BCUT2D eigenvalue weighted by Crippen LogP contribution is 2.29. The highest BCUT2D eigenvalue weighted by molar-refractivity contribution is 6.30. The van der Waals surface area contributed by atoms with Gasteiger partial charge in [0.25, 0.3) is 0 Å². The van der Waals surface area contributed by atoms with E-state index in [0.29, 0.717) is 11.4 Å². The monoisotopic (exact) mass is 366 g/mol. The van der Waals surface area contributed by atoms with Crippen LogP contribution in [0.1, 0.15) is 43.2 Å². The average Bonchev–Trinajstić information content (AvgIpc) is 3.20. The van der Waals surface area contributed by atoms with Crippen LogP contribution in [0.3, 0.4) is 0 Å². The van der Waals surface area contributed by atoms with Gasteiger partial charge in [-0.25, -0.2) is 9.18 Å². The minimum absolute atomic E-state index is 0.00917. The lowest BCUT2D eigenvalue weighted by atomic mass is 10.1. The van der Waals surface area contributed by atoms with Crippen molar-refractivity contribution in [1.82, 2.24) is 15.1 Å². The van der Waals surface area contributed by atoms with E-state index < -0.39 is 5.82 Å². The number of anilines is 1. The molecule has 25 heavy (non-hydrogen) atoms. The number of carbonyl (C=O) groups is 1. The number of amides is 2. The molecule has 1 aromatic carbocycles. The van der Waals surface area contributed by atoms with Crippen molar-refractivity contribution in [2.24, 2.45) is 7.05 Å². The zero-order valence-electron chi connectivity index (χ0n) is 14.1. The van der Waals surface area contributed by atoms with Gasteiger partial charge in [-0.05, 0) is 37.5 Å². The van der Waals surface area contributed by atoms with E-state index in [-0.39, 0.29) is 23.2 Å². The van der Waals surface area contributed by atoms with Crippen LogP contribution in [0.25, 0.3) is 0 Å². The molecular weight excluding hydrogens is 347 g/mol. The number of hydrogen-bond donors (Lipinski definition) is 2. The van der Waals surface area contributed by atoms with Crippen LogP contribution in [0, 0.1) is 5.82 Å². The number of rotatable bonds is 4. The summed E-state index contributed by atoms with van der Waals surface area (Å²) in [7, 11) is 1.76. The Bertz CT molecular complexity index is 774. The SMILES string of the molecule is CC(NC(=O)Nc1cc(C2CCCO2)nn1C)c1ccc(F)c(Cl)c1. The number of urea groups is 1. The maximum absolute atomic E-state index is 13.2. The summed E-state index contributed by atoms with van der Waals surface area (Å²) >= 11 is 5.78. The van der Waals surface area contributed by atoms with E-state index in [1.807, 2.05) is 6.07 Å². The second-order valence-electron chi connectivity index (χ2n) is 6.07. The molecule has 0 radical (unpaired) electrons. The third kappa shape index (κ3) is 4.11. The number of carbonyl (C=O) groups excluding carboxylic acids is 1. The zero-order chi connectivity index (χ0) is 18.0. The summed E-state index contributed by atoms with van der Waals surface area (Å²) < 4.78 is 20.5. The molecule has 8 heteroatoms. The average molecular weight is 367 g/mol. The molecule has 2 heterocycles. The molecule has 1 saturated heterocycles. The van der Waals surface area contributed by atoms with Gasteiger partial charge in [0.1, 0.15) is 17.7 Å². The van der Waals surface area contributed by atoms with Crippen LogP contribution >= 0.6 is 11.6 Å². The van der Waals surface area contributed by atoms with Gasteiger partial charge in [0.15, 0.2) is 0 Å². The summed E-state index contributed by atoms with van der Waals surface area (Å²) in [4.78, 5) is 12.2. The highest BCUT2D eigenvalue weighted by atomic mass is 35.5. The Kier molecular flexibility index (Phi) is 5.24. The summed E-state index contributed by atoms with van der Waals surface area (Å²) in [6.45, 7) is 2.53. The fraction of sp³-hybridized carbons (Fsp3) is 0.412. The maximum atomic E-state index is 13.2. The summed E-state index contributed by atoms with van der Waals surface area (Å²) in [6.07, 6.45) is 1.94. The number of benzene rings is 1. The van der Waals surface area contributed by atoms with Crippen molar-refractivity contribution in [2.45, 2.75) is 31.9 Å². The van der Waals surface area contributed by atoms with Gasteiger partial charge in [0.05, 0.1) is 16.8 Å². The predicted molar refractivity (Wildman–Crippen MR) is 93.1 cm³/mol. The number of nitrogens with zero attached hydrogens (tertiary/aromatic N) is 2. The molecule has 3 rings (SSSR count). The Balaban J connectivity index is 1.63. The summed E-state index contributed by atoms with van der Waals surface area (Å²) in [5.74, 6) is 0.0888. The Morgan fingerprint density at radius 2 is 2.28 bits per heavy atom. The van der Waals surface area contributed by atoms with E-state index in [1.165, 1.54) is 12.1 Å². The fourth-order valence-corrected chi connectivity index (χ4v) is 2.98. The standard InChI is InChI=1S/C17H20ClFN4O2/c1-10(11-5-6-13(19)12(18)8-11)20-17(24)21-16-9-14(22-23(16)2)15-4-3-7-25-15/h5-6,8-10,15H,3-4,7H2,1-2H3,(H2,20,21,24). The van der Waals surface area contributed by atoms with Crippen molar-refractivity contribution in [3.8, 4) is 0 Å². The largest absolute Gasteiger partial charge is 0.372 e. The lowest BCUT2D eigenvalue weighted by molar-refractivity contribution is 0.108. The van der Waals surface area contributed by atoms with Gasteiger partial charge >= 0.3 is 6.03 Å². The molecule has 0 saturated carbocycles. The van der Waals surface area contributed by atoms with E-state index in [9.17, 15) is 9.18 Å². The Morgan fingerprint density at radius 3 is 2.96 bits per heavy atom. The van der Waals surface area contributed by atoms with Gasteiger partial charge in [-0.15, -0.1) is 0 Å². The van der Waals surface area contributed by atoms with Crippen LogP contribution < -0.4 is 10.6 Å². The first-order chi connectivity index (χ1) is 11.9. The van der Waals surface area contributed by atoms with Crippen LogP contribution in [0.2, 0.25) is 5.02 Å². The molecule has 6 nitrogen and oxygen atoms in total. The van der Waals surface area contributed by atoms with Crippen LogP contribution in [0.5, 0.6) is 0 Å². The Morgan fingerprint density at radius 1 is 1.48 bits per heavy atom. The van der Waals surface area contributed by atoms with Crippen LogP contribution in [0.15, 0.2) is 24.3 Å². The molecule has 2 unspecified atom stereocenters. The van der Waals surface area contributed by atoms with E-state index in [2.05, 4.69) is 15.7 Å². The van der Waals surface area contributed by atoms with Crippen molar-refractivity contribution in [1.29, 1.82) is 0 Å². The number of aryl methyl sites for hydroxylation is 1. The van der Waals surface area contributed by atoms with Gasteiger partial charge in [0.2, 0.25) is 0 Å². The molecule has 1 fully saturated rings. The molecule has 0 bridgehead atoms. The number of hydrogen-bond acceptors (Lipinski definition) is 3. The lowest BCUT2D eigenvalue weighted by Crippen LogP contribution is -2.31. The van der Waals surface area contributed by atoms with Crippen molar-refractivity contribution in [2.75, 3.05) is 11.9 Å². The van der Waals surface area contributed by atoms with E-state index in [1.54, 1.807) is 24.7 Å². The third-order valence-corrected chi connectivity index (χ3v) is 4.48. The summed E-state index contributed by atoms with van der Waals surface area (Å²) in [6, 6.07) is 5.48. The Labute approximate surface area is 150 Å². The molecule has 2 atom stereocenters. The maximum Gasteiger partial charge on any atom is 0.320 e. The van der Waals surface area contributed by atoms with Crippen molar-refractivity contribution >= 4 is 23.4 Å². The topological polar surface area (TPSA) is 68.2 Å². The van der Waals surface area contributed by atoms with E-state index in [0.717, 1.165) is 25.1 Å². The molecular formula is C17H20ClFN4O2. The lowest BCUT2D eigenvalue weighted by Gasteiger charge is -2.15. The molecule has 1 aliphatic heterocycles. The molecule has 0 spiro atoms. The summed E-state index contributed by atoms with van der Waals surface area (Å²) in [5, 5.41) is 9.98. The number of nitrogens with one attached hydrogen (secondary N) is 2. The number of aromatic nitrogens is 2. The first kappa shape index (κ1) is 17.7. The van der Waals surface area contributed by atoms with Crippen LogP contribution in [-0.4, -0.2) is 22.4 Å².